The number of hydrogen-bond acceptors (Lipinski definition) is 5. The summed E-state index contributed by atoms with van der Waals surface area (Å²) in [5, 5.41) is 5.48. The van der Waals surface area contributed by atoms with E-state index in [0.29, 0.717) is 29.6 Å². The molecule has 1 aromatic carbocycles. The van der Waals surface area contributed by atoms with Gasteiger partial charge in [0.05, 0.1) is 19.0 Å². The summed E-state index contributed by atoms with van der Waals surface area (Å²) in [6.45, 7) is 2.37. The molecule has 0 bridgehead atoms. The number of anilines is 1. The molecule has 0 aliphatic rings. The normalized spacial score (nSPS) is 10.1. The van der Waals surface area contributed by atoms with Gasteiger partial charge in [0, 0.05) is 25.0 Å². The van der Waals surface area contributed by atoms with Gasteiger partial charge in [-0.25, -0.2) is 9.78 Å². The highest BCUT2D eigenvalue weighted by Crippen LogP contribution is 2.31. The lowest BCUT2D eigenvalue weighted by Gasteiger charge is -2.11. The summed E-state index contributed by atoms with van der Waals surface area (Å²) < 4.78 is 11.1. The number of nitrogens with zero attached hydrogens (tertiary/aromatic N) is 2. The van der Waals surface area contributed by atoms with Gasteiger partial charge in [0.1, 0.15) is 0 Å². The number of nitrogens with one attached hydrogen (secondary N) is 2. The van der Waals surface area contributed by atoms with Gasteiger partial charge in [-0.1, -0.05) is 12.1 Å². The molecule has 3 rings (SSSR count). The minimum atomic E-state index is -0.325. The summed E-state index contributed by atoms with van der Waals surface area (Å²) in [5.41, 5.74) is 2.55. The van der Waals surface area contributed by atoms with E-state index < -0.39 is 0 Å². The van der Waals surface area contributed by atoms with E-state index >= 15 is 0 Å². The summed E-state index contributed by atoms with van der Waals surface area (Å²) in [7, 11) is 1.59. The topological polar surface area (TPSA) is 85.4 Å². The third kappa shape index (κ3) is 5.18. The largest absolute Gasteiger partial charge is 0.493 e. The monoisotopic (exact) mass is 364 g/mol. The number of benzene rings is 1. The predicted octanol–water partition coefficient (Wildman–Crippen LogP) is 3.91. The van der Waals surface area contributed by atoms with Crippen molar-refractivity contribution in [3.63, 3.8) is 0 Å². The molecule has 0 aliphatic heterocycles. The Bertz CT molecular complexity index is 899. The first-order valence-electron chi connectivity index (χ1n) is 8.36. The van der Waals surface area contributed by atoms with Crippen molar-refractivity contribution >= 4 is 11.7 Å². The number of rotatable bonds is 6. The van der Waals surface area contributed by atoms with Crippen LogP contribution in [0.2, 0.25) is 0 Å². The van der Waals surface area contributed by atoms with E-state index in [-0.39, 0.29) is 6.03 Å². The molecule has 0 aliphatic carbocycles. The molecule has 2 amide bonds. The van der Waals surface area contributed by atoms with Gasteiger partial charge in [-0.05, 0) is 42.3 Å². The van der Waals surface area contributed by atoms with E-state index in [1.165, 1.54) is 6.20 Å². The van der Waals surface area contributed by atoms with Gasteiger partial charge in [-0.3, -0.25) is 4.98 Å². The van der Waals surface area contributed by atoms with Crippen molar-refractivity contribution < 1.29 is 14.3 Å². The SMILES string of the molecule is COc1cc(C)ccc1Oc1ccc(NC(=O)NCc2cccnc2)cn1. The smallest absolute Gasteiger partial charge is 0.319 e. The number of carbonyl (C=O) groups excluding carboxylic acids is 1. The maximum atomic E-state index is 12.0. The fourth-order valence-electron chi connectivity index (χ4n) is 2.35. The number of carbonyl (C=O) groups is 1. The second kappa shape index (κ2) is 8.66. The number of urea groups is 1. The van der Waals surface area contributed by atoms with Gasteiger partial charge >= 0.3 is 6.03 Å². The Kier molecular flexibility index (Phi) is 5.84. The van der Waals surface area contributed by atoms with Crippen molar-refractivity contribution in [2.24, 2.45) is 0 Å². The van der Waals surface area contributed by atoms with E-state index in [1.807, 2.05) is 37.3 Å². The first-order chi connectivity index (χ1) is 13.1. The number of aromatic nitrogens is 2. The molecule has 7 nitrogen and oxygen atoms in total. The molecule has 138 valence electrons. The molecule has 2 aromatic heterocycles. The molecule has 27 heavy (non-hydrogen) atoms. The summed E-state index contributed by atoms with van der Waals surface area (Å²) in [5.74, 6) is 1.61. The molecule has 0 saturated carbocycles. The van der Waals surface area contributed by atoms with Crippen LogP contribution in [-0.4, -0.2) is 23.1 Å². The molecule has 0 atom stereocenters. The molecule has 3 aromatic rings. The van der Waals surface area contributed by atoms with Crippen LogP contribution in [0, 0.1) is 6.92 Å². The van der Waals surface area contributed by atoms with Crippen molar-refractivity contribution in [1.82, 2.24) is 15.3 Å². The van der Waals surface area contributed by atoms with Crippen LogP contribution in [0.25, 0.3) is 0 Å². The first-order valence-corrected chi connectivity index (χ1v) is 8.36. The van der Waals surface area contributed by atoms with Crippen molar-refractivity contribution in [3.8, 4) is 17.4 Å². The Hall–Kier alpha value is -3.61. The van der Waals surface area contributed by atoms with E-state index in [0.717, 1.165) is 11.1 Å². The zero-order valence-electron chi connectivity index (χ0n) is 15.1. The van der Waals surface area contributed by atoms with E-state index in [4.69, 9.17) is 9.47 Å². The molecule has 0 unspecified atom stereocenters. The van der Waals surface area contributed by atoms with Gasteiger partial charge in [0.25, 0.3) is 0 Å². The second-order valence-electron chi connectivity index (χ2n) is 5.81. The van der Waals surface area contributed by atoms with Crippen LogP contribution in [0.15, 0.2) is 61.1 Å². The number of pyridine rings is 2. The Morgan fingerprint density at radius 2 is 2.00 bits per heavy atom. The van der Waals surface area contributed by atoms with Crippen molar-refractivity contribution in [3.05, 3.63) is 72.2 Å². The first kappa shape index (κ1) is 18.2. The Morgan fingerprint density at radius 3 is 2.70 bits per heavy atom. The molecule has 2 heterocycles. The van der Waals surface area contributed by atoms with Crippen LogP contribution in [0.3, 0.4) is 0 Å². The highest BCUT2D eigenvalue weighted by Gasteiger charge is 2.07. The fourth-order valence-corrected chi connectivity index (χ4v) is 2.35. The summed E-state index contributed by atoms with van der Waals surface area (Å²) in [6, 6.07) is 12.4. The summed E-state index contributed by atoms with van der Waals surface area (Å²) in [6.07, 6.45) is 4.91. The van der Waals surface area contributed by atoms with Crippen molar-refractivity contribution in [2.45, 2.75) is 13.5 Å². The fraction of sp³-hybridized carbons (Fsp3) is 0.150. The lowest BCUT2D eigenvalue weighted by molar-refractivity contribution is 0.251. The highest BCUT2D eigenvalue weighted by atomic mass is 16.5. The van der Waals surface area contributed by atoms with Crippen LogP contribution in [0.5, 0.6) is 17.4 Å². The Morgan fingerprint density at radius 1 is 1.11 bits per heavy atom. The number of methoxy groups -OCH3 is 1. The van der Waals surface area contributed by atoms with Crippen LogP contribution < -0.4 is 20.1 Å². The molecule has 0 fully saturated rings. The maximum Gasteiger partial charge on any atom is 0.319 e. The lowest BCUT2D eigenvalue weighted by atomic mass is 10.2. The van der Waals surface area contributed by atoms with Gasteiger partial charge in [0.2, 0.25) is 5.88 Å². The molecule has 7 heteroatoms. The van der Waals surface area contributed by atoms with E-state index in [1.54, 1.807) is 31.6 Å². The number of hydrogen-bond donors (Lipinski definition) is 2. The molecular weight excluding hydrogens is 344 g/mol. The van der Waals surface area contributed by atoms with Gasteiger partial charge in [-0.2, -0.15) is 0 Å². The number of amides is 2. The Balaban J connectivity index is 1.56. The summed E-state index contributed by atoms with van der Waals surface area (Å²) >= 11 is 0. The van der Waals surface area contributed by atoms with Crippen LogP contribution in [-0.2, 0) is 6.54 Å². The number of ether oxygens (including phenoxy) is 2. The van der Waals surface area contributed by atoms with Crippen molar-refractivity contribution in [1.29, 1.82) is 0 Å². The molecule has 0 spiro atoms. The third-order valence-corrected chi connectivity index (χ3v) is 3.70. The van der Waals surface area contributed by atoms with Crippen LogP contribution in [0.4, 0.5) is 10.5 Å². The average Bonchev–Trinajstić information content (AvgIpc) is 2.70. The minimum Gasteiger partial charge on any atom is -0.493 e. The Labute approximate surface area is 157 Å². The minimum absolute atomic E-state index is 0.325. The van der Waals surface area contributed by atoms with Crippen LogP contribution >= 0.6 is 0 Å². The zero-order chi connectivity index (χ0) is 19.1. The lowest BCUT2D eigenvalue weighted by Crippen LogP contribution is -2.28. The van der Waals surface area contributed by atoms with E-state index in [9.17, 15) is 4.79 Å². The summed E-state index contributed by atoms with van der Waals surface area (Å²) in [4.78, 5) is 20.2. The number of aryl methyl sites for hydroxylation is 1. The van der Waals surface area contributed by atoms with Crippen LogP contribution in [0.1, 0.15) is 11.1 Å². The van der Waals surface area contributed by atoms with Gasteiger partial charge in [-0.15, -0.1) is 0 Å². The zero-order valence-corrected chi connectivity index (χ0v) is 15.1. The second-order valence-corrected chi connectivity index (χ2v) is 5.81. The molecule has 0 saturated heterocycles. The van der Waals surface area contributed by atoms with Crippen molar-refractivity contribution in [2.75, 3.05) is 12.4 Å². The highest BCUT2D eigenvalue weighted by molar-refractivity contribution is 5.88. The van der Waals surface area contributed by atoms with E-state index in [2.05, 4.69) is 20.6 Å². The van der Waals surface area contributed by atoms with Gasteiger partial charge < -0.3 is 20.1 Å². The van der Waals surface area contributed by atoms with Gasteiger partial charge in [0.15, 0.2) is 11.5 Å². The predicted molar refractivity (Wildman–Crippen MR) is 102 cm³/mol. The quantitative estimate of drug-likeness (QED) is 0.693. The average molecular weight is 364 g/mol. The molecule has 2 N–H and O–H groups in total. The maximum absolute atomic E-state index is 12.0. The third-order valence-electron chi connectivity index (χ3n) is 3.70. The molecule has 0 radical (unpaired) electrons. The standard InChI is InChI=1S/C20H20N4O3/c1-14-5-7-17(18(10-14)26-2)27-19-8-6-16(13-22-19)24-20(25)23-12-15-4-3-9-21-11-15/h3-11,13H,12H2,1-2H3,(H2,23,24,25). The molecular formula is C20H20N4O3.